The van der Waals surface area contributed by atoms with Crippen LogP contribution in [0.25, 0.3) is 0 Å². The summed E-state index contributed by atoms with van der Waals surface area (Å²) < 4.78 is 153. The van der Waals surface area contributed by atoms with Crippen LogP contribution >= 0.6 is 0 Å². The largest absolute Gasteiger partial charge is 0.457 e. The maximum atomic E-state index is 13.5. The van der Waals surface area contributed by atoms with Gasteiger partial charge in [0.05, 0.1) is 0 Å². The molecule has 0 aliphatic rings. The number of halogens is 12. The number of rotatable bonds is 6. The van der Waals surface area contributed by atoms with Crippen LogP contribution in [0.1, 0.15) is 0 Å². The second-order valence-electron chi connectivity index (χ2n) is 3.96. The third-order valence-electron chi connectivity index (χ3n) is 2.62. The molecule has 0 aliphatic heterocycles. The monoisotopic (exact) mass is 354 g/mol. The first-order chi connectivity index (χ1) is 9.37. The van der Waals surface area contributed by atoms with E-state index in [4.69, 9.17) is 0 Å². The Morgan fingerprint density at radius 2 is 0.864 bits per heavy atom. The van der Waals surface area contributed by atoms with E-state index < -0.39 is 47.7 Å². The second kappa shape index (κ2) is 5.08. The van der Waals surface area contributed by atoms with Crippen LogP contribution in [0.3, 0.4) is 0 Å². The molecule has 130 valence electrons. The zero-order valence-corrected chi connectivity index (χ0v) is 10.1. The molecule has 0 saturated carbocycles. The van der Waals surface area contributed by atoms with Crippen molar-refractivity contribution in [2.24, 2.45) is 0 Å². The Morgan fingerprint density at radius 3 is 1.09 bits per heavy atom. The molecule has 0 bridgehead atoms. The summed E-state index contributed by atoms with van der Waals surface area (Å²) in [5.74, 6) is -27.3. The maximum absolute atomic E-state index is 13.5. The van der Waals surface area contributed by atoms with Gasteiger partial charge in [0.2, 0.25) is 0 Å². The number of hydrogen-bond acceptors (Lipinski definition) is 0. The fraction of sp³-hybridized carbons (Fsp3) is 0.600. The summed E-state index contributed by atoms with van der Waals surface area (Å²) in [6.45, 7) is 3.87. The van der Waals surface area contributed by atoms with Gasteiger partial charge in [-0.3, -0.25) is 0 Å². The van der Waals surface area contributed by atoms with E-state index in [2.05, 4.69) is 0 Å². The van der Waals surface area contributed by atoms with Gasteiger partial charge in [-0.1, -0.05) is 13.2 Å². The van der Waals surface area contributed by atoms with Gasteiger partial charge in [0.15, 0.2) is 0 Å². The van der Waals surface area contributed by atoms with Crippen LogP contribution in [0.4, 0.5) is 52.7 Å². The molecule has 0 N–H and O–H groups in total. The molecule has 1 unspecified atom stereocenters. The average Bonchev–Trinajstić information content (AvgIpc) is 2.35. The summed E-state index contributed by atoms with van der Waals surface area (Å²) in [4.78, 5) is 0. The van der Waals surface area contributed by atoms with E-state index in [-0.39, 0.29) is 0 Å². The Bertz CT molecular complexity index is 445. The molecule has 0 amide bonds. The first-order valence-electron chi connectivity index (χ1n) is 4.91. The van der Waals surface area contributed by atoms with E-state index in [0.29, 0.717) is 0 Å². The van der Waals surface area contributed by atoms with Crippen LogP contribution in [0, 0.1) is 0 Å². The highest BCUT2D eigenvalue weighted by atomic mass is 19.4. The van der Waals surface area contributed by atoms with Crippen LogP contribution in [0.2, 0.25) is 0 Å². The molecule has 0 heterocycles. The minimum atomic E-state index is -7.18. The number of alkyl halides is 12. The van der Waals surface area contributed by atoms with E-state index >= 15 is 0 Å². The van der Waals surface area contributed by atoms with Crippen molar-refractivity contribution < 1.29 is 52.7 Å². The van der Waals surface area contributed by atoms with Crippen molar-refractivity contribution in [3.63, 3.8) is 0 Å². The Morgan fingerprint density at radius 1 is 0.500 bits per heavy atom. The van der Waals surface area contributed by atoms with Crippen molar-refractivity contribution in [1.29, 1.82) is 0 Å². The number of hydrogen-bond donors (Lipinski definition) is 0. The molecule has 0 rings (SSSR count). The number of allylic oxidation sites excluding steroid dienone is 2. The molecule has 0 spiro atoms. The molecule has 1 atom stereocenters. The standard InChI is InChI=1S/C10H6F12/c1-3-5(11,8(16,17)10(20,21)22)7(14,15)9(18,19)6(12,13)4-2/h3-4H,1-2H2. The quantitative estimate of drug-likeness (QED) is 0.456. The minimum Gasteiger partial charge on any atom is -0.225 e. The topological polar surface area (TPSA) is 0 Å². The van der Waals surface area contributed by atoms with Crippen molar-refractivity contribution in [2.75, 3.05) is 0 Å². The Hall–Kier alpha value is -1.36. The van der Waals surface area contributed by atoms with Crippen molar-refractivity contribution in [3.8, 4) is 0 Å². The molecular weight excluding hydrogens is 348 g/mol. The lowest BCUT2D eigenvalue weighted by atomic mass is 9.83. The highest BCUT2D eigenvalue weighted by molar-refractivity contribution is 5.23. The third kappa shape index (κ3) is 2.35. The predicted octanol–water partition coefficient (Wildman–Crippen LogP) is 5.17. The predicted molar refractivity (Wildman–Crippen MR) is 50.1 cm³/mol. The zero-order chi connectivity index (χ0) is 18.4. The minimum absolute atomic E-state index is 1.14. The lowest BCUT2D eigenvalue weighted by molar-refractivity contribution is -0.393. The van der Waals surface area contributed by atoms with Gasteiger partial charge in [-0.05, 0) is 12.2 Å². The molecule has 0 fully saturated rings. The van der Waals surface area contributed by atoms with Gasteiger partial charge < -0.3 is 0 Å². The SMILES string of the molecule is C=CC(F)(F)C(F)(F)C(F)(F)C(F)(C=C)C(F)(F)C(F)(F)F. The van der Waals surface area contributed by atoms with Gasteiger partial charge in [0.25, 0.3) is 5.67 Å². The molecule has 12 heteroatoms. The zero-order valence-electron chi connectivity index (χ0n) is 10.1. The molecule has 0 nitrogen and oxygen atoms in total. The summed E-state index contributed by atoms with van der Waals surface area (Å²) in [6, 6.07) is 0. The Labute approximate surface area is 115 Å². The molecule has 0 radical (unpaired) electrons. The van der Waals surface area contributed by atoms with E-state index in [0.717, 1.165) is 0 Å². The van der Waals surface area contributed by atoms with Gasteiger partial charge >= 0.3 is 29.9 Å². The Balaban J connectivity index is 6.47. The van der Waals surface area contributed by atoms with Crippen molar-refractivity contribution in [2.45, 2.75) is 35.5 Å². The molecule has 22 heavy (non-hydrogen) atoms. The van der Waals surface area contributed by atoms with Gasteiger partial charge in [-0.25, -0.2) is 4.39 Å². The molecule has 0 saturated heterocycles. The van der Waals surface area contributed by atoms with E-state index in [1.54, 1.807) is 0 Å². The van der Waals surface area contributed by atoms with Crippen molar-refractivity contribution in [3.05, 3.63) is 25.3 Å². The van der Waals surface area contributed by atoms with Gasteiger partial charge in [0, 0.05) is 0 Å². The summed E-state index contributed by atoms with van der Waals surface area (Å²) >= 11 is 0. The van der Waals surface area contributed by atoms with Crippen LogP contribution < -0.4 is 0 Å². The van der Waals surface area contributed by atoms with Crippen molar-refractivity contribution >= 4 is 0 Å². The first-order valence-corrected chi connectivity index (χ1v) is 4.91. The molecule has 0 aliphatic carbocycles. The van der Waals surface area contributed by atoms with Gasteiger partial charge in [-0.2, -0.15) is 48.3 Å². The van der Waals surface area contributed by atoms with Gasteiger partial charge in [0.1, 0.15) is 0 Å². The highest BCUT2D eigenvalue weighted by Crippen LogP contribution is 2.60. The molecule has 0 aromatic heterocycles. The fourth-order valence-electron chi connectivity index (χ4n) is 1.23. The molecular formula is C10H6F12. The van der Waals surface area contributed by atoms with E-state index in [9.17, 15) is 52.7 Å². The normalized spacial score (nSPS) is 17.8. The van der Waals surface area contributed by atoms with Crippen LogP contribution in [-0.2, 0) is 0 Å². The second-order valence-corrected chi connectivity index (χ2v) is 3.96. The maximum Gasteiger partial charge on any atom is 0.457 e. The van der Waals surface area contributed by atoms with Crippen molar-refractivity contribution in [1.82, 2.24) is 0 Å². The summed E-state index contributed by atoms with van der Waals surface area (Å²) in [6.07, 6.45) is -9.72. The summed E-state index contributed by atoms with van der Waals surface area (Å²) in [5.41, 5.74) is -6.55. The Kier molecular flexibility index (Phi) is 4.77. The van der Waals surface area contributed by atoms with Crippen LogP contribution in [0.15, 0.2) is 25.3 Å². The van der Waals surface area contributed by atoms with Gasteiger partial charge in [-0.15, -0.1) is 0 Å². The van der Waals surface area contributed by atoms with E-state index in [1.165, 1.54) is 0 Å². The average molecular weight is 354 g/mol. The summed E-state index contributed by atoms with van der Waals surface area (Å²) in [7, 11) is 0. The summed E-state index contributed by atoms with van der Waals surface area (Å²) in [5, 5.41) is 0. The third-order valence-corrected chi connectivity index (χ3v) is 2.62. The molecule has 0 aromatic rings. The molecule has 0 aromatic carbocycles. The van der Waals surface area contributed by atoms with Crippen LogP contribution in [0.5, 0.6) is 0 Å². The fourth-order valence-corrected chi connectivity index (χ4v) is 1.23. The van der Waals surface area contributed by atoms with Crippen LogP contribution in [-0.4, -0.2) is 35.5 Å². The smallest absolute Gasteiger partial charge is 0.225 e. The first kappa shape index (κ1) is 20.6. The van der Waals surface area contributed by atoms with E-state index in [1.807, 2.05) is 13.2 Å². The highest BCUT2D eigenvalue weighted by Gasteiger charge is 2.87. The lowest BCUT2D eigenvalue weighted by Crippen LogP contribution is -2.70. The lowest BCUT2D eigenvalue weighted by Gasteiger charge is -2.42.